The molecule has 0 aliphatic carbocycles. The molecular formula is C58H105N7O2. The lowest BCUT2D eigenvalue weighted by Gasteiger charge is -2.27. The number of imidazole rings is 1. The van der Waals surface area contributed by atoms with E-state index in [2.05, 4.69) is 58.4 Å². The van der Waals surface area contributed by atoms with E-state index in [0.717, 1.165) is 61.1 Å². The van der Waals surface area contributed by atoms with Crippen LogP contribution in [0.3, 0.4) is 0 Å². The number of pyridine rings is 1. The molecule has 3 N–H and O–H groups in total. The van der Waals surface area contributed by atoms with Crippen molar-refractivity contribution < 1.29 is 9.53 Å². The summed E-state index contributed by atoms with van der Waals surface area (Å²) < 4.78 is 8.39. The van der Waals surface area contributed by atoms with Gasteiger partial charge in [-0.1, -0.05) is 206 Å². The average molecular weight is 933 g/mol. The number of unbranched alkanes of at least 4 members (excludes halogenated alkanes) is 26. The first-order valence-electron chi connectivity index (χ1n) is 28.6. The zero-order valence-corrected chi connectivity index (χ0v) is 44.7. The Morgan fingerprint density at radius 3 is 1.55 bits per heavy atom. The van der Waals surface area contributed by atoms with Gasteiger partial charge in [0, 0.05) is 11.8 Å². The molecule has 0 saturated carbocycles. The van der Waals surface area contributed by atoms with E-state index < -0.39 is 5.60 Å². The predicted molar refractivity (Wildman–Crippen MR) is 290 cm³/mol. The Kier molecular flexibility index (Phi) is 32.5. The van der Waals surface area contributed by atoms with Crippen LogP contribution in [0, 0.1) is 0 Å². The first-order chi connectivity index (χ1) is 32.7. The number of nitrogens with zero attached hydrogens (tertiary/aromatic N) is 5. The van der Waals surface area contributed by atoms with Crippen LogP contribution < -0.4 is 11.1 Å². The van der Waals surface area contributed by atoms with E-state index >= 15 is 0 Å². The molecule has 67 heavy (non-hydrogen) atoms. The molecule has 0 fully saturated rings. The zero-order valence-electron chi connectivity index (χ0n) is 44.7. The molecule has 0 amide bonds. The summed E-state index contributed by atoms with van der Waals surface area (Å²) >= 11 is 0. The number of hydrogen-bond acceptors (Lipinski definition) is 8. The molecule has 2 aromatic heterocycles. The minimum atomic E-state index is -0.728. The minimum Gasteiger partial charge on any atom is -0.458 e. The lowest BCUT2D eigenvalue weighted by atomic mass is 10.0. The van der Waals surface area contributed by atoms with Crippen LogP contribution in [0.25, 0.3) is 21.9 Å². The topological polar surface area (TPSA) is 102 Å². The largest absolute Gasteiger partial charge is 0.458 e. The number of benzene rings is 1. The maximum atomic E-state index is 13.4. The highest BCUT2D eigenvalue weighted by atomic mass is 16.6. The molecule has 384 valence electrons. The summed E-state index contributed by atoms with van der Waals surface area (Å²) in [5.74, 6) is 1.16. The van der Waals surface area contributed by atoms with Gasteiger partial charge in [0.1, 0.15) is 16.9 Å². The number of ether oxygens (including phenoxy) is 1. The van der Waals surface area contributed by atoms with Gasteiger partial charge in [0.2, 0.25) is 0 Å². The van der Waals surface area contributed by atoms with Crippen molar-refractivity contribution in [2.24, 2.45) is 0 Å². The number of carbonyl (C=O) groups is 1. The van der Waals surface area contributed by atoms with Crippen molar-refractivity contribution in [2.45, 2.75) is 259 Å². The number of anilines is 1. The van der Waals surface area contributed by atoms with Gasteiger partial charge in [-0.25, -0.2) is 9.97 Å². The molecule has 1 aromatic carbocycles. The maximum absolute atomic E-state index is 13.4. The minimum absolute atomic E-state index is 0.124. The normalized spacial score (nSPS) is 12.2. The number of esters is 1. The molecule has 9 nitrogen and oxygen atoms in total. The molecule has 0 spiro atoms. The van der Waals surface area contributed by atoms with Gasteiger partial charge >= 0.3 is 5.97 Å². The van der Waals surface area contributed by atoms with Gasteiger partial charge in [0.15, 0.2) is 5.82 Å². The van der Waals surface area contributed by atoms with Crippen molar-refractivity contribution in [3.05, 3.63) is 30.1 Å². The first kappa shape index (κ1) is 58.6. The third kappa shape index (κ3) is 25.6. The predicted octanol–water partition coefficient (Wildman–Crippen LogP) is 15.4. The number of hydrogen-bond donors (Lipinski definition) is 2. The molecule has 0 aliphatic rings. The van der Waals surface area contributed by atoms with Gasteiger partial charge in [-0.2, -0.15) is 0 Å². The molecule has 0 aliphatic heterocycles. The number of aromatic nitrogens is 3. The number of nitrogens with one attached hydrogen (secondary N) is 1. The van der Waals surface area contributed by atoms with Crippen LogP contribution in [0.15, 0.2) is 24.3 Å². The Morgan fingerprint density at radius 2 is 1.04 bits per heavy atom. The third-order valence-corrected chi connectivity index (χ3v) is 14.1. The van der Waals surface area contributed by atoms with Crippen LogP contribution in [0.4, 0.5) is 5.82 Å². The Labute approximate surface area is 412 Å². The monoisotopic (exact) mass is 932 g/mol. The molecule has 9 heteroatoms. The molecular weight excluding hydrogens is 827 g/mol. The summed E-state index contributed by atoms with van der Waals surface area (Å²) in [6, 6.07) is 8.05. The smallest absolute Gasteiger partial charge is 0.306 e. The molecule has 3 aromatic rings. The summed E-state index contributed by atoms with van der Waals surface area (Å²) in [7, 11) is 0. The lowest BCUT2D eigenvalue weighted by Crippen LogP contribution is -2.34. The van der Waals surface area contributed by atoms with Crippen LogP contribution in [0.2, 0.25) is 0 Å². The van der Waals surface area contributed by atoms with Gasteiger partial charge in [-0.3, -0.25) is 4.79 Å². The molecule has 3 rings (SSSR count). The second kappa shape index (κ2) is 37.1. The van der Waals surface area contributed by atoms with Crippen molar-refractivity contribution in [1.82, 2.24) is 29.7 Å². The van der Waals surface area contributed by atoms with E-state index in [0.29, 0.717) is 30.8 Å². The Morgan fingerprint density at radius 1 is 0.597 bits per heavy atom. The fraction of sp³-hybridized carbons (Fsp3) is 0.810. The summed E-state index contributed by atoms with van der Waals surface area (Å²) in [6.07, 6.45) is 41.3. The fourth-order valence-corrected chi connectivity index (χ4v) is 9.99. The fourth-order valence-electron chi connectivity index (χ4n) is 9.99. The molecule has 0 unspecified atom stereocenters. The standard InChI is InChI=1S/C58H105N7O2/c1-7-11-13-15-17-19-21-23-25-27-29-31-37-44-63(10-4)47-40-48-64(45-38-32-30-28-26-24-22-20-18-16-14-12-8-2)46-39-33-34-43-54(66)67-58(5,6)50-65-53(49-60-9-3)62-55-56(65)51-41-35-36-42-52(51)61-57(55)59/h35-36,41-42,60H,7-34,37-40,43-50H2,1-6H3,(H2,59,61). The Bertz CT molecular complexity index is 1670. The maximum Gasteiger partial charge on any atom is 0.306 e. The molecule has 0 bridgehead atoms. The highest BCUT2D eigenvalue weighted by Crippen LogP contribution is 2.31. The van der Waals surface area contributed by atoms with E-state index in [-0.39, 0.29) is 5.97 Å². The van der Waals surface area contributed by atoms with Crippen molar-refractivity contribution in [1.29, 1.82) is 0 Å². The van der Waals surface area contributed by atoms with E-state index in [1.54, 1.807) is 0 Å². The second-order valence-electron chi connectivity index (χ2n) is 20.8. The highest BCUT2D eigenvalue weighted by Gasteiger charge is 2.27. The number of fused-ring (bicyclic) bond motifs is 3. The Balaban J connectivity index is 1.41. The number of rotatable bonds is 45. The molecule has 0 radical (unpaired) electrons. The molecule has 0 saturated heterocycles. The van der Waals surface area contributed by atoms with Gasteiger partial charge in [0.25, 0.3) is 0 Å². The van der Waals surface area contributed by atoms with Crippen LogP contribution in [-0.4, -0.2) is 81.7 Å². The third-order valence-electron chi connectivity index (χ3n) is 14.1. The van der Waals surface area contributed by atoms with Crippen LogP contribution in [-0.2, 0) is 22.6 Å². The highest BCUT2D eigenvalue weighted by molar-refractivity contribution is 6.06. The van der Waals surface area contributed by atoms with Gasteiger partial charge in [-0.05, 0) is 97.8 Å². The lowest BCUT2D eigenvalue weighted by molar-refractivity contribution is -0.157. The number of nitrogens with two attached hydrogens (primary N) is 1. The van der Waals surface area contributed by atoms with E-state index in [1.165, 1.54) is 200 Å². The van der Waals surface area contributed by atoms with Gasteiger partial charge < -0.3 is 30.2 Å². The van der Waals surface area contributed by atoms with Crippen molar-refractivity contribution >= 4 is 33.7 Å². The number of nitrogen functional groups attached to an aromatic ring is 1. The SMILES string of the molecule is CCCCCCCCCCCCCCCN(CC)CCCN(CCCCCCCCCCCCCCC)CCCCCC(=O)OC(C)(C)Cn1c(CNCC)nc2c(N)nc3ccccc3c21. The van der Waals surface area contributed by atoms with Crippen LogP contribution in [0.5, 0.6) is 0 Å². The summed E-state index contributed by atoms with van der Waals surface area (Å²) in [6.45, 7) is 22.1. The number of carbonyl (C=O) groups excluding carboxylic acids is 1. The van der Waals surface area contributed by atoms with Crippen molar-refractivity contribution in [2.75, 3.05) is 51.5 Å². The summed E-state index contributed by atoms with van der Waals surface area (Å²) in [5, 5.41) is 4.42. The number of para-hydroxylation sites is 1. The van der Waals surface area contributed by atoms with Gasteiger partial charge in [-0.15, -0.1) is 0 Å². The quantitative estimate of drug-likeness (QED) is 0.0427. The Hall–Kier alpha value is -2.75. The van der Waals surface area contributed by atoms with Crippen molar-refractivity contribution in [3.63, 3.8) is 0 Å². The van der Waals surface area contributed by atoms with E-state index in [4.69, 9.17) is 15.5 Å². The molecule has 2 heterocycles. The average Bonchev–Trinajstić information content (AvgIpc) is 3.67. The second-order valence-corrected chi connectivity index (χ2v) is 20.8. The molecule has 0 atom stereocenters. The van der Waals surface area contributed by atoms with E-state index in [9.17, 15) is 4.79 Å². The van der Waals surface area contributed by atoms with Gasteiger partial charge in [0.05, 0.1) is 24.1 Å². The summed E-state index contributed by atoms with van der Waals surface area (Å²) in [4.78, 5) is 28.4. The van der Waals surface area contributed by atoms with Crippen molar-refractivity contribution in [3.8, 4) is 0 Å². The zero-order chi connectivity index (χ0) is 48.2. The van der Waals surface area contributed by atoms with Crippen LogP contribution >= 0.6 is 0 Å². The van der Waals surface area contributed by atoms with Crippen LogP contribution in [0.1, 0.15) is 246 Å². The first-order valence-corrected chi connectivity index (χ1v) is 28.6. The summed E-state index contributed by atoms with van der Waals surface area (Å²) in [5.41, 5.74) is 8.19. The van der Waals surface area contributed by atoms with E-state index in [1.807, 2.05) is 32.0 Å².